The summed E-state index contributed by atoms with van der Waals surface area (Å²) in [7, 11) is 0. The van der Waals surface area contributed by atoms with E-state index in [4.69, 9.17) is 11.6 Å². The Bertz CT molecular complexity index is 452. The van der Waals surface area contributed by atoms with E-state index in [1.807, 2.05) is 0 Å². The predicted octanol–water partition coefficient (Wildman–Crippen LogP) is 3.10. The van der Waals surface area contributed by atoms with E-state index in [0.717, 1.165) is 5.16 Å². The van der Waals surface area contributed by atoms with Crippen molar-refractivity contribution in [2.45, 2.75) is 5.16 Å². The molecule has 0 bridgehead atoms. The van der Waals surface area contributed by atoms with E-state index in [0.29, 0.717) is 15.0 Å². The number of thiophene rings is 1. The third-order valence-electron chi connectivity index (χ3n) is 1.66. The molecule has 0 unspecified atom stereocenters. The summed E-state index contributed by atoms with van der Waals surface area (Å²) < 4.78 is 0.640. The van der Waals surface area contributed by atoms with E-state index in [9.17, 15) is 4.79 Å². The van der Waals surface area contributed by atoms with Crippen molar-refractivity contribution in [3.05, 3.63) is 33.7 Å². The quantitative estimate of drug-likeness (QED) is 0.677. The van der Waals surface area contributed by atoms with E-state index >= 15 is 0 Å². The van der Waals surface area contributed by atoms with Crippen LogP contribution in [-0.2, 0) is 0 Å². The second-order valence-electron chi connectivity index (χ2n) is 2.71. The van der Waals surface area contributed by atoms with Gasteiger partial charge in [0, 0.05) is 12.4 Å². The summed E-state index contributed by atoms with van der Waals surface area (Å²) in [4.78, 5) is 19.3. The summed E-state index contributed by atoms with van der Waals surface area (Å²) >= 11 is 8.44. The van der Waals surface area contributed by atoms with E-state index in [1.54, 1.807) is 24.5 Å². The molecule has 0 fully saturated rings. The normalized spacial score (nSPS) is 10.5. The Hall–Kier alpha value is -0.780. The molecule has 0 aliphatic carbocycles. The van der Waals surface area contributed by atoms with Crippen LogP contribution in [0.5, 0.6) is 0 Å². The SMILES string of the molecule is O=C(CSc1ncc[nH]1)c1ccc(Cl)s1. The molecule has 3 nitrogen and oxygen atoms in total. The highest BCUT2D eigenvalue weighted by Gasteiger charge is 2.09. The number of carbonyl (C=O) groups is 1. The third-order valence-corrected chi connectivity index (χ3v) is 3.84. The second kappa shape index (κ2) is 4.83. The number of Topliss-reactive ketones (excluding diaryl/α,β-unsaturated/α-hetero) is 1. The first-order chi connectivity index (χ1) is 7.25. The number of nitrogens with zero attached hydrogens (tertiary/aromatic N) is 1. The van der Waals surface area contributed by atoms with E-state index in [1.165, 1.54) is 23.1 Å². The smallest absolute Gasteiger partial charge is 0.183 e. The maximum atomic E-state index is 11.6. The molecular weight excluding hydrogens is 252 g/mol. The summed E-state index contributed by atoms with van der Waals surface area (Å²) in [5.41, 5.74) is 0. The number of thioether (sulfide) groups is 1. The Labute approximate surface area is 99.9 Å². The average molecular weight is 259 g/mol. The summed E-state index contributed by atoms with van der Waals surface area (Å²) in [6, 6.07) is 3.48. The number of aromatic amines is 1. The van der Waals surface area contributed by atoms with Gasteiger partial charge in [-0.1, -0.05) is 23.4 Å². The fraction of sp³-hybridized carbons (Fsp3) is 0.111. The monoisotopic (exact) mass is 258 g/mol. The van der Waals surface area contributed by atoms with Crippen LogP contribution in [0.3, 0.4) is 0 Å². The number of H-pyrrole nitrogens is 1. The van der Waals surface area contributed by atoms with Gasteiger partial charge in [0.2, 0.25) is 0 Å². The fourth-order valence-electron chi connectivity index (χ4n) is 0.999. The van der Waals surface area contributed by atoms with Gasteiger partial charge < -0.3 is 4.98 Å². The van der Waals surface area contributed by atoms with Crippen LogP contribution in [0.4, 0.5) is 0 Å². The molecule has 6 heteroatoms. The Kier molecular flexibility index (Phi) is 3.45. The molecule has 0 aliphatic heterocycles. The molecule has 1 N–H and O–H groups in total. The molecule has 0 atom stereocenters. The molecule has 0 amide bonds. The van der Waals surface area contributed by atoms with Crippen LogP contribution in [-0.4, -0.2) is 21.5 Å². The molecule has 0 saturated carbocycles. The second-order valence-corrected chi connectivity index (χ2v) is 5.39. The highest BCUT2D eigenvalue weighted by Crippen LogP contribution is 2.23. The van der Waals surface area contributed by atoms with Gasteiger partial charge in [-0.2, -0.15) is 0 Å². The highest BCUT2D eigenvalue weighted by atomic mass is 35.5. The van der Waals surface area contributed by atoms with Crippen LogP contribution in [0.2, 0.25) is 4.34 Å². The molecule has 2 rings (SSSR count). The molecule has 2 aromatic rings. The van der Waals surface area contributed by atoms with Gasteiger partial charge in [0.1, 0.15) is 0 Å². The highest BCUT2D eigenvalue weighted by molar-refractivity contribution is 7.99. The zero-order chi connectivity index (χ0) is 10.7. The number of carbonyl (C=O) groups excluding carboxylic acids is 1. The molecule has 0 saturated heterocycles. The molecule has 2 aromatic heterocycles. The first kappa shape index (κ1) is 10.7. The van der Waals surface area contributed by atoms with Crippen molar-refractivity contribution in [2.75, 3.05) is 5.75 Å². The maximum Gasteiger partial charge on any atom is 0.183 e. The molecular formula is C9H7ClN2OS2. The summed E-state index contributed by atoms with van der Waals surface area (Å²) in [6.07, 6.45) is 3.39. The topological polar surface area (TPSA) is 45.8 Å². The number of nitrogens with one attached hydrogen (secondary N) is 1. The number of aromatic nitrogens is 2. The Morgan fingerprint density at radius 1 is 1.60 bits per heavy atom. The fourth-order valence-corrected chi connectivity index (χ4v) is 2.78. The van der Waals surface area contributed by atoms with Crippen molar-refractivity contribution >= 4 is 40.5 Å². The van der Waals surface area contributed by atoms with Crippen LogP contribution in [0.25, 0.3) is 0 Å². The van der Waals surface area contributed by atoms with Crippen molar-refractivity contribution in [3.8, 4) is 0 Å². The molecule has 0 aliphatic rings. The number of halogens is 1. The van der Waals surface area contributed by atoms with E-state index in [-0.39, 0.29) is 5.78 Å². The zero-order valence-electron chi connectivity index (χ0n) is 7.57. The lowest BCUT2D eigenvalue weighted by molar-refractivity contribution is 0.102. The van der Waals surface area contributed by atoms with Crippen molar-refractivity contribution in [1.82, 2.24) is 9.97 Å². The van der Waals surface area contributed by atoms with Crippen molar-refractivity contribution in [3.63, 3.8) is 0 Å². The van der Waals surface area contributed by atoms with Crippen LogP contribution in [0.15, 0.2) is 29.7 Å². The number of ketones is 1. The Morgan fingerprint density at radius 3 is 3.07 bits per heavy atom. The van der Waals surface area contributed by atoms with E-state index < -0.39 is 0 Å². The van der Waals surface area contributed by atoms with Crippen molar-refractivity contribution < 1.29 is 4.79 Å². The zero-order valence-corrected chi connectivity index (χ0v) is 9.96. The molecule has 2 heterocycles. The number of rotatable bonds is 4. The minimum Gasteiger partial charge on any atom is -0.340 e. The number of hydrogen-bond donors (Lipinski definition) is 1. The van der Waals surface area contributed by atoms with Gasteiger partial charge in [0.15, 0.2) is 10.9 Å². The first-order valence-corrected chi connectivity index (χ1v) is 6.34. The number of imidazole rings is 1. The van der Waals surface area contributed by atoms with Gasteiger partial charge >= 0.3 is 0 Å². The lowest BCUT2D eigenvalue weighted by Crippen LogP contribution is -1.99. The van der Waals surface area contributed by atoms with Gasteiger partial charge in [-0.05, 0) is 12.1 Å². The molecule has 78 valence electrons. The van der Waals surface area contributed by atoms with Crippen LogP contribution in [0.1, 0.15) is 9.67 Å². The van der Waals surface area contributed by atoms with Crippen molar-refractivity contribution in [2.24, 2.45) is 0 Å². The summed E-state index contributed by atoms with van der Waals surface area (Å²) in [6.45, 7) is 0. The van der Waals surface area contributed by atoms with Gasteiger partial charge in [0.05, 0.1) is 15.0 Å². The van der Waals surface area contributed by atoms with Gasteiger partial charge in [-0.3, -0.25) is 4.79 Å². The lowest BCUT2D eigenvalue weighted by atomic mass is 10.4. The minimum atomic E-state index is 0.0771. The molecule has 0 radical (unpaired) electrons. The molecule has 15 heavy (non-hydrogen) atoms. The number of hydrogen-bond acceptors (Lipinski definition) is 4. The third kappa shape index (κ3) is 2.84. The summed E-state index contributed by atoms with van der Waals surface area (Å²) in [5, 5.41) is 0.756. The van der Waals surface area contributed by atoms with Crippen LogP contribution >= 0.6 is 34.7 Å². The minimum absolute atomic E-state index is 0.0771. The predicted molar refractivity (Wildman–Crippen MR) is 63.0 cm³/mol. The van der Waals surface area contributed by atoms with E-state index in [2.05, 4.69) is 9.97 Å². The Morgan fingerprint density at radius 2 is 2.47 bits per heavy atom. The molecule has 0 spiro atoms. The van der Waals surface area contributed by atoms with Gasteiger partial charge in [-0.25, -0.2) is 4.98 Å². The Balaban J connectivity index is 1.93. The summed E-state index contributed by atoms with van der Waals surface area (Å²) in [5.74, 6) is 0.456. The van der Waals surface area contributed by atoms with Crippen LogP contribution in [0, 0.1) is 0 Å². The van der Waals surface area contributed by atoms with Crippen LogP contribution < -0.4 is 0 Å². The van der Waals surface area contributed by atoms with Crippen molar-refractivity contribution in [1.29, 1.82) is 0 Å². The standard InChI is InChI=1S/C9H7ClN2OS2/c10-8-2-1-7(15-8)6(13)5-14-9-11-3-4-12-9/h1-4H,5H2,(H,11,12). The maximum absolute atomic E-state index is 11.6. The molecule has 0 aromatic carbocycles. The van der Waals surface area contributed by atoms with Gasteiger partial charge in [0.25, 0.3) is 0 Å². The first-order valence-electron chi connectivity index (χ1n) is 4.16. The lowest BCUT2D eigenvalue weighted by Gasteiger charge is -1.94. The largest absolute Gasteiger partial charge is 0.340 e. The average Bonchev–Trinajstić information content (AvgIpc) is 2.84. The van der Waals surface area contributed by atoms with Gasteiger partial charge in [-0.15, -0.1) is 11.3 Å².